The second-order valence-electron chi connectivity index (χ2n) is 4.15. The zero-order valence-electron chi connectivity index (χ0n) is 10.9. The van der Waals surface area contributed by atoms with Gasteiger partial charge in [0.2, 0.25) is 0 Å². The Morgan fingerprint density at radius 1 is 1.24 bits per heavy atom. The van der Waals surface area contributed by atoms with Crippen molar-refractivity contribution in [2.24, 2.45) is 0 Å². The van der Waals surface area contributed by atoms with Crippen LogP contribution in [0.3, 0.4) is 0 Å². The molecule has 0 radical (unpaired) electrons. The first-order chi connectivity index (χ1) is 9.83. The maximum absolute atomic E-state index is 14.0. The number of nitrogens with two attached hydrogens (primary N) is 1. The average molecular weight is 375 g/mol. The van der Waals surface area contributed by atoms with Crippen LogP contribution in [0.2, 0.25) is 0 Å². The van der Waals surface area contributed by atoms with E-state index in [0.717, 1.165) is 6.07 Å². The van der Waals surface area contributed by atoms with Crippen molar-refractivity contribution in [2.45, 2.75) is 4.90 Å². The van der Waals surface area contributed by atoms with E-state index in [9.17, 15) is 12.8 Å². The predicted molar refractivity (Wildman–Crippen MR) is 82.3 cm³/mol. The monoisotopic (exact) mass is 374 g/mol. The molecule has 0 fully saturated rings. The van der Waals surface area contributed by atoms with Gasteiger partial charge in [0.1, 0.15) is 10.6 Å². The molecule has 0 amide bonds. The molecular weight excluding hydrogens is 363 g/mol. The first-order valence-electron chi connectivity index (χ1n) is 5.75. The van der Waals surface area contributed by atoms with Gasteiger partial charge in [-0.05, 0) is 52.3 Å². The second-order valence-corrected chi connectivity index (χ2v) is 6.65. The number of ether oxygens (including phenoxy) is 1. The molecule has 2 aromatic rings. The van der Waals surface area contributed by atoms with Crippen LogP contribution in [0.25, 0.3) is 0 Å². The summed E-state index contributed by atoms with van der Waals surface area (Å²) in [6, 6.07) is 8.55. The van der Waals surface area contributed by atoms with E-state index >= 15 is 0 Å². The molecule has 0 bridgehead atoms. The fraction of sp³-hybridized carbons (Fsp3) is 0.0769. The first-order valence-corrected chi connectivity index (χ1v) is 8.02. The number of hydrogen-bond donors (Lipinski definition) is 2. The highest BCUT2D eigenvalue weighted by Crippen LogP contribution is 2.28. The fourth-order valence-electron chi connectivity index (χ4n) is 1.65. The quantitative estimate of drug-likeness (QED) is 0.806. The summed E-state index contributed by atoms with van der Waals surface area (Å²) in [7, 11) is -2.59. The van der Waals surface area contributed by atoms with Gasteiger partial charge in [-0.1, -0.05) is 0 Å². The first kappa shape index (κ1) is 15.6. The SMILES string of the molecule is COc1ccc(NS(=O)(=O)c2cc(N)cc(Br)c2F)cc1. The Kier molecular flexibility index (Phi) is 4.38. The molecule has 112 valence electrons. The zero-order chi connectivity index (χ0) is 15.6. The maximum atomic E-state index is 14.0. The van der Waals surface area contributed by atoms with Gasteiger partial charge in [0.05, 0.1) is 11.6 Å². The molecule has 0 saturated carbocycles. The van der Waals surface area contributed by atoms with Crippen molar-refractivity contribution in [3.8, 4) is 5.75 Å². The van der Waals surface area contributed by atoms with Gasteiger partial charge in [-0.2, -0.15) is 0 Å². The van der Waals surface area contributed by atoms with Crippen LogP contribution in [0.15, 0.2) is 45.8 Å². The highest BCUT2D eigenvalue weighted by Gasteiger charge is 2.22. The van der Waals surface area contributed by atoms with Crippen molar-refractivity contribution in [1.82, 2.24) is 0 Å². The number of rotatable bonds is 4. The Hall–Kier alpha value is -1.80. The van der Waals surface area contributed by atoms with Crippen molar-refractivity contribution in [2.75, 3.05) is 17.6 Å². The molecule has 0 aromatic heterocycles. The van der Waals surface area contributed by atoms with Gasteiger partial charge in [-0.25, -0.2) is 12.8 Å². The largest absolute Gasteiger partial charge is 0.497 e. The van der Waals surface area contributed by atoms with Gasteiger partial charge in [-0.15, -0.1) is 0 Å². The molecule has 0 heterocycles. The summed E-state index contributed by atoms with van der Waals surface area (Å²) in [6.45, 7) is 0. The Morgan fingerprint density at radius 3 is 2.43 bits per heavy atom. The van der Waals surface area contributed by atoms with Gasteiger partial charge < -0.3 is 10.5 Å². The molecule has 0 aliphatic heterocycles. The second kappa shape index (κ2) is 5.90. The third-order valence-electron chi connectivity index (χ3n) is 2.65. The van der Waals surface area contributed by atoms with Crippen molar-refractivity contribution in [1.29, 1.82) is 0 Å². The standard InChI is InChI=1S/C13H12BrFN2O3S/c1-20-10-4-2-9(3-5-10)17-21(18,19)12-7-8(16)6-11(14)13(12)15/h2-7,17H,16H2,1H3. The van der Waals surface area contributed by atoms with Crippen LogP contribution in [-0.2, 0) is 10.0 Å². The summed E-state index contributed by atoms with van der Waals surface area (Å²) < 4.78 is 45.6. The lowest BCUT2D eigenvalue weighted by Gasteiger charge is -2.11. The number of hydrogen-bond acceptors (Lipinski definition) is 4. The summed E-state index contributed by atoms with van der Waals surface area (Å²) in [5.74, 6) is -0.318. The van der Waals surface area contributed by atoms with E-state index in [1.165, 1.54) is 25.3 Å². The van der Waals surface area contributed by atoms with Crippen LogP contribution < -0.4 is 15.2 Å². The number of nitrogen functional groups attached to an aromatic ring is 1. The highest BCUT2D eigenvalue weighted by atomic mass is 79.9. The van der Waals surface area contributed by atoms with Crippen LogP contribution in [0, 0.1) is 5.82 Å². The van der Waals surface area contributed by atoms with E-state index in [4.69, 9.17) is 10.5 Å². The Bertz CT molecular complexity index is 764. The lowest BCUT2D eigenvalue weighted by atomic mass is 10.3. The minimum atomic E-state index is -4.08. The molecule has 0 aliphatic carbocycles. The third kappa shape index (κ3) is 3.45. The topological polar surface area (TPSA) is 81.4 Å². The molecule has 0 aliphatic rings. The van der Waals surface area contributed by atoms with E-state index in [1.807, 2.05) is 0 Å². The molecule has 0 saturated heterocycles. The molecule has 0 unspecified atom stereocenters. The van der Waals surface area contributed by atoms with Crippen LogP contribution in [0.1, 0.15) is 0 Å². The Balaban J connectivity index is 2.38. The van der Waals surface area contributed by atoms with Crippen molar-refractivity contribution in [3.63, 3.8) is 0 Å². The van der Waals surface area contributed by atoms with Crippen molar-refractivity contribution < 1.29 is 17.5 Å². The van der Waals surface area contributed by atoms with E-state index in [-0.39, 0.29) is 15.8 Å². The molecule has 21 heavy (non-hydrogen) atoms. The molecule has 0 spiro atoms. The van der Waals surface area contributed by atoms with Crippen LogP contribution in [-0.4, -0.2) is 15.5 Å². The molecule has 5 nitrogen and oxygen atoms in total. The van der Waals surface area contributed by atoms with Crippen LogP contribution >= 0.6 is 15.9 Å². The van der Waals surface area contributed by atoms with Gasteiger partial charge in [0.25, 0.3) is 10.0 Å². The van der Waals surface area contributed by atoms with Gasteiger partial charge in [0, 0.05) is 11.4 Å². The molecule has 8 heteroatoms. The molecule has 3 N–H and O–H groups in total. The highest BCUT2D eigenvalue weighted by molar-refractivity contribution is 9.10. The minimum Gasteiger partial charge on any atom is -0.497 e. The van der Waals surface area contributed by atoms with Crippen molar-refractivity contribution in [3.05, 3.63) is 46.7 Å². The zero-order valence-corrected chi connectivity index (χ0v) is 13.3. The minimum absolute atomic E-state index is 0.0161. The third-order valence-corrected chi connectivity index (χ3v) is 4.61. The molecule has 0 atom stereocenters. The smallest absolute Gasteiger partial charge is 0.264 e. The Labute approximate surface area is 130 Å². The number of nitrogens with one attached hydrogen (secondary N) is 1. The number of halogens is 2. The predicted octanol–water partition coefficient (Wildman–Crippen LogP) is 2.98. The van der Waals surface area contributed by atoms with Gasteiger partial charge in [0.15, 0.2) is 5.82 Å². The molecule has 2 aromatic carbocycles. The summed E-state index contributed by atoms with van der Waals surface area (Å²) in [5, 5.41) is 0. The lowest BCUT2D eigenvalue weighted by Crippen LogP contribution is -2.15. The maximum Gasteiger partial charge on any atom is 0.264 e. The summed E-state index contributed by atoms with van der Waals surface area (Å²) in [5.41, 5.74) is 5.97. The Morgan fingerprint density at radius 2 is 1.86 bits per heavy atom. The number of methoxy groups -OCH3 is 1. The van der Waals surface area contributed by atoms with Crippen LogP contribution in [0.5, 0.6) is 5.75 Å². The fourth-order valence-corrected chi connectivity index (χ4v) is 3.45. The number of sulfonamides is 1. The lowest BCUT2D eigenvalue weighted by molar-refractivity contribution is 0.415. The van der Waals surface area contributed by atoms with Gasteiger partial charge in [-0.3, -0.25) is 4.72 Å². The molecular formula is C13H12BrFN2O3S. The van der Waals surface area contributed by atoms with E-state index < -0.39 is 20.7 Å². The normalized spacial score (nSPS) is 11.2. The van der Waals surface area contributed by atoms with E-state index in [0.29, 0.717) is 5.75 Å². The average Bonchev–Trinajstić information content (AvgIpc) is 2.43. The number of anilines is 2. The summed E-state index contributed by atoms with van der Waals surface area (Å²) in [6.07, 6.45) is 0. The van der Waals surface area contributed by atoms with Gasteiger partial charge >= 0.3 is 0 Å². The number of benzene rings is 2. The van der Waals surface area contributed by atoms with Crippen LogP contribution in [0.4, 0.5) is 15.8 Å². The summed E-state index contributed by atoms with van der Waals surface area (Å²) in [4.78, 5) is -0.523. The van der Waals surface area contributed by atoms with E-state index in [1.54, 1.807) is 12.1 Å². The van der Waals surface area contributed by atoms with Crippen molar-refractivity contribution >= 4 is 37.3 Å². The molecule has 2 rings (SSSR count). The van der Waals surface area contributed by atoms with E-state index in [2.05, 4.69) is 20.7 Å². The summed E-state index contributed by atoms with van der Waals surface area (Å²) >= 11 is 2.93.